The van der Waals surface area contributed by atoms with E-state index in [0.717, 1.165) is 18.5 Å². The Bertz CT molecular complexity index is 531. The number of carbonyl (C=O) groups excluding carboxylic acids is 1. The molecule has 116 valence electrons. The number of alkyl halides is 2. The summed E-state index contributed by atoms with van der Waals surface area (Å²) in [5, 5.41) is 2.78. The molecule has 0 radical (unpaired) electrons. The summed E-state index contributed by atoms with van der Waals surface area (Å²) in [6, 6.07) is 0.516. The molecule has 0 fully saturated rings. The fourth-order valence-corrected chi connectivity index (χ4v) is 1.84. The summed E-state index contributed by atoms with van der Waals surface area (Å²) >= 11 is 0. The van der Waals surface area contributed by atoms with Crippen LogP contribution < -0.4 is 5.32 Å². The molecule has 0 saturated carbocycles. The van der Waals surface area contributed by atoms with Gasteiger partial charge in [-0.25, -0.2) is 9.37 Å². The first-order valence-corrected chi connectivity index (χ1v) is 6.95. The fourth-order valence-electron chi connectivity index (χ4n) is 1.69. The van der Waals surface area contributed by atoms with Crippen LogP contribution in [0.1, 0.15) is 25.8 Å². The summed E-state index contributed by atoms with van der Waals surface area (Å²) in [7, 11) is 1.33. The fraction of sp³-hybridized carbons (Fsp3) is 0.429. The van der Waals surface area contributed by atoms with Crippen LogP contribution in [0, 0.1) is 11.7 Å². The molecule has 0 aromatic carbocycles. The van der Waals surface area contributed by atoms with Crippen molar-refractivity contribution in [2.75, 3.05) is 5.32 Å². The van der Waals surface area contributed by atoms with Gasteiger partial charge in [-0.2, -0.15) is 8.78 Å². The Morgan fingerprint density at radius 2 is 2.19 bits per heavy atom. The van der Waals surface area contributed by atoms with Crippen LogP contribution in [0.2, 0.25) is 0 Å². The minimum Gasteiger partial charge on any atom is -0.365 e. The average Bonchev–Trinajstić information content (AvgIpc) is 2.38. The number of nitrogens with one attached hydrogen (secondary N) is 1. The van der Waals surface area contributed by atoms with Crippen LogP contribution in [-0.4, -0.2) is 17.3 Å². The molecule has 3 atom stereocenters. The zero-order valence-electron chi connectivity index (χ0n) is 11.9. The number of anilines is 1. The smallest absolute Gasteiger partial charge is 0.285 e. The minimum atomic E-state index is -3.22. The quantitative estimate of drug-likeness (QED) is 0.473. The summed E-state index contributed by atoms with van der Waals surface area (Å²) in [5.41, 5.74) is -3.02. The van der Waals surface area contributed by atoms with Crippen LogP contribution in [0.25, 0.3) is 0 Å². The van der Waals surface area contributed by atoms with Gasteiger partial charge in [0.25, 0.3) is 5.66 Å². The van der Waals surface area contributed by atoms with Crippen molar-refractivity contribution in [2.24, 2.45) is 5.92 Å². The maximum absolute atomic E-state index is 13.8. The van der Waals surface area contributed by atoms with Crippen LogP contribution in [0.15, 0.2) is 24.4 Å². The molecule has 0 aliphatic carbocycles. The van der Waals surface area contributed by atoms with Crippen molar-refractivity contribution in [3.05, 3.63) is 35.8 Å². The van der Waals surface area contributed by atoms with E-state index in [9.17, 15) is 18.0 Å². The van der Waals surface area contributed by atoms with E-state index in [1.807, 2.05) is 0 Å². The highest BCUT2D eigenvalue weighted by atomic mass is 31.0. The van der Waals surface area contributed by atoms with E-state index < -0.39 is 17.0 Å². The Morgan fingerprint density at radius 3 is 2.67 bits per heavy atom. The van der Waals surface area contributed by atoms with Gasteiger partial charge in [0.05, 0.1) is 0 Å². The van der Waals surface area contributed by atoms with Crippen LogP contribution in [0.4, 0.5) is 19.0 Å². The minimum absolute atomic E-state index is 0.105. The molecule has 0 aliphatic heterocycles. The average molecular weight is 318 g/mol. The summed E-state index contributed by atoms with van der Waals surface area (Å²) in [6.07, 6.45) is 2.15. The molecule has 1 N–H and O–H groups in total. The third-order valence-corrected chi connectivity index (χ3v) is 3.36. The Hall–Kier alpha value is -1.42. The van der Waals surface area contributed by atoms with Crippen LogP contribution in [-0.2, 0) is 10.5 Å². The molecule has 3 nitrogen and oxygen atoms in total. The third kappa shape index (κ3) is 5.12. The van der Waals surface area contributed by atoms with E-state index in [4.69, 9.17) is 0 Å². The van der Waals surface area contributed by atoms with Crippen molar-refractivity contribution < 1.29 is 18.0 Å². The molecular weight excluding hydrogens is 300 g/mol. The van der Waals surface area contributed by atoms with Gasteiger partial charge in [0.2, 0.25) is 0 Å². The summed E-state index contributed by atoms with van der Waals surface area (Å²) < 4.78 is 39.8. The second kappa shape index (κ2) is 7.03. The summed E-state index contributed by atoms with van der Waals surface area (Å²) in [4.78, 5) is 14.3. The monoisotopic (exact) mass is 318 g/mol. The standard InChI is InChI=1S/C14H18F3N2OP/c1-8(9(2)7-20)4-10(3)19-13-12(15)5-11(6-18-13)14(16,17)21/h5-7,9-10H,1,4,21H2,2-3H3,(H,18,19). The predicted molar refractivity (Wildman–Crippen MR) is 79.9 cm³/mol. The predicted octanol–water partition coefficient (Wildman–Crippen LogP) is 3.73. The van der Waals surface area contributed by atoms with E-state index in [2.05, 4.69) is 16.9 Å². The van der Waals surface area contributed by atoms with Crippen LogP contribution in [0.5, 0.6) is 0 Å². The maximum atomic E-state index is 13.8. The number of hydrogen-bond acceptors (Lipinski definition) is 3. The molecule has 0 spiro atoms. The number of nitrogens with zero attached hydrogens (tertiary/aromatic N) is 1. The van der Waals surface area contributed by atoms with E-state index in [1.54, 1.807) is 13.8 Å². The molecular formula is C14H18F3N2OP. The van der Waals surface area contributed by atoms with E-state index in [1.165, 1.54) is 9.24 Å². The number of carbonyl (C=O) groups is 1. The van der Waals surface area contributed by atoms with Gasteiger partial charge in [-0.1, -0.05) is 28.3 Å². The van der Waals surface area contributed by atoms with Gasteiger partial charge in [0.1, 0.15) is 6.29 Å². The lowest BCUT2D eigenvalue weighted by molar-refractivity contribution is -0.109. The molecule has 0 saturated heterocycles. The van der Waals surface area contributed by atoms with E-state index in [-0.39, 0.29) is 17.8 Å². The highest BCUT2D eigenvalue weighted by Crippen LogP contribution is 2.35. The molecule has 0 bridgehead atoms. The molecule has 1 aromatic rings. The molecule has 1 aromatic heterocycles. The Labute approximate surface area is 124 Å². The van der Waals surface area contributed by atoms with E-state index in [0.29, 0.717) is 12.0 Å². The van der Waals surface area contributed by atoms with Crippen molar-refractivity contribution in [1.29, 1.82) is 0 Å². The molecule has 1 heterocycles. The first-order valence-electron chi connectivity index (χ1n) is 6.37. The molecule has 3 unspecified atom stereocenters. The Balaban J connectivity index is 2.75. The lowest BCUT2D eigenvalue weighted by Gasteiger charge is -2.18. The molecule has 7 heteroatoms. The first kappa shape index (κ1) is 17.6. The number of hydrogen-bond donors (Lipinski definition) is 1. The highest BCUT2D eigenvalue weighted by Gasteiger charge is 2.26. The lowest BCUT2D eigenvalue weighted by Crippen LogP contribution is -2.20. The molecule has 1 rings (SSSR count). The van der Waals surface area contributed by atoms with Gasteiger partial charge < -0.3 is 10.1 Å². The maximum Gasteiger partial charge on any atom is 0.285 e. The summed E-state index contributed by atoms with van der Waals surface area (Å²) in [5.74, 6) is -1.24. The van der Waals surface area contributed by atoms with Crippen molar-refractivity contribution in [2.45, 2.75) is 32.0 Å². The van der Waals surface area contributed by atoms with Crippen LogP contribution in [0.3, 0.4) is 0 Å². The first-order chi connectivity index (χ1) is 9.65. The zero-order valence-corrected chi connectivity index (χ0v) is 13.0. The second-order valence-electron chi connectivity index (χ2n) is 5.01. The van der Waals surface area contributed by atoms with Gasteiger partial charge in [-0.05, 0) is 19.4 Å². The van der Waals surface area contributed by atoms with Crippen LogP contribution >= 0.6 is 9.24 Å². The van der Waals surface area contributed by atoms with Crippen molar-refractivity contribution in [1.82, 2.24) is 4.98 Å². The number of aldehydes is 1. The SMILES string of the molecule is C=C(CC(C)Nc1ncc(C(F)(F)P)cc1F)C(C)C=O. The van der Waals surface area contributed by atoms with Gasteiger partial charge in [-0.3, -0.25) is 0 Å². The normalized spacial score (nSPS) is 14.4. The second-order valence-corrected chi connectivity index (χ2v) is 5.74. The Morgan fingerprint density at radius 1 is 1.57 bits per heavy atom. The van der Waals surface area contributed by atoms with Gasteiger partial charge in [0.15, 0.2) is 11.6 Å². The topological polar surface area (TPSA) is 42.0 Å². The largest absolute Gasteiger partial charge is 0.365 e. The zero-order chi connectivity index (χ0) is 16.2. The van der Waals surface area contributed by atoms with Gasteiger partial charge in [-0.15, -0.1) is 0 Å². The third-order valence-electron chi connectivity index (χ3n) is 3.03. The number of aromatic nitrogens is 1. The van der Waals surface area contributed by atoms with Gasteiger partial charge in [0, 0.05) is 23.7 Å². The lowest BCUT2D eigenvalue weighted by atomic mass is 9.98. The van der Waals surface area contributed by atoms with Crippen molar-refractivity contribution in [3.63, 3.8) is 0 Å². The molecule has 0 amide bonds. The van der Waals surface area contributed by atoms with Gasteiger partial charge >= 0.3 is 0 Å². The number of pyridine rings is 1. The highest BCUT2D eigenvalue weighted by molar-refractivity contribution is 7.17. The van der Waals surface area contributed by atoms with Crippen molar-refractivity contribution >= 4 is 21.3 Å². The molecule has 0 aliphatic rings. The number of rotatable bonds is 7. The summed E-state index contributed by atoms with van der Waals surface area (Å²) in [6.45, 7) is 7.27. The number of halogens is 3. The van der Waals surface area contributed by atoms with E-state index >= 15 is 0 Å². The Kier molecular flexibility index (Phi) is 5.90. The van der Waals surface area contributed by atoms with Crippen molar-refractivity contribution in [3.8, 4) is 0 Å². The molecule has 21 heavy (non-hydrogen) atoms.